The Kier molecular flexibility index (Phi) is 2.92. The summed E-state index contributed by atoms with van der Waals surface area (Å²) in [6.07, 6.45) is 0. The Balaban J connectivity index is 2.17. The third-order valence-corrected chi connectivity index (χ3v) is 3.34. The number of nitrogens with zero attached hydrogens (tertiary/aromatic N) is 2. The van der Waals surface area contributed by atoms with Gasteiger partial charge in [0.05, 0.1) is 5.69 Å². The fourth-order valence-electron chi connectivity index (χ4n) is 2.47. The van der Waals surface area contributed by atoms with Crippen molar-refractivity contribution in [1.82, 2.24) is 9.55 Å². The van der Waals surface area contributed by atoms with Gasteiger partial charge in [-0.25, -0.2) is 4.98 Å². The SMILES string of the molecule is Cc1nc(-c2ccccc2)c(C)n1-c1ccccc1. The zero-order chi connectivity index (χ0) is 13.2. The van der Waals surface area contributed by atoms with E-state index in [1.54, 1.807) is 0 Å². The maximum atomic E-state index is 4.72. The molecule has 0 fully saturated rings. The molecule has 2 heteroatoms. The van der Waals surface area contributed by atoms with E-state index in [-0.39, 0.29) is 0 Å². The molecule has 1 aromatic heterocycles. The third kappa shape index (κ3) is 2.06. The molecular formula is C17H16N2. The molecule has 0 atom stereocenters. The van der Waals surface area contributed by atoms with E-state index in [1.807, 2.05) is 31.2 Å². The Bertz CT molecular complexity index is 682. The monoisotopic (exact) mass is 248 g/mol. The minimum Gasteiger partial charge on any atom is -0.301 e. The molecule has 94 valence electrons. The molecule has 2 aromatic carbocycles. The maximum Gasteiger partial charge on any atom is 0.111 e. The highest BCUT2D eigenvalue weighted by Gasteiger charge is 2.13. The molecule has 2 nitrogen and oxygen atoms in total. The van der Waals surface area contributed by atoms with Crippen LogP contribution in [-0.4, -0.2) is 9.55 Å². The average Bonchev–Trinajstić information content (AvgIpc) is 2.76. The van der Waals surface area contributed by atoms with Gasteiger partial charge in [-0.1, -0.05) is 48.5 Å². The van der Waals surface area contributed by atoms with Gasteiger partial charge in [-0.05, 0) is 26.0 Å². The van der Waals surface area contributed by atoms with E-state index in [4.69, 9.17) is 4.98 Å². The standard InChI is InChI=1S/C17H16N2/c1-13-17(15-9-5-3-6-10-15)18-14(2)19(13)16-11-7-4-8-12-16/h3-12H,1-2H3. The van der Waals surface area contributed by atoms with Crippen LogP contribution in [0.3, 0.4) is 0 Å². The van der Waals surface area contributed by atoms with Crippen molar-refractivity contribution in [2.75, 3.05) is 0 Å². The van der Waals surface area contributed by atoms with Gasteiger partial charge in [-0.15, -0.1) is 0 Å². The number of para-hydroxylation sites is 1. The fourth-order valence-corrected chi connectivity index (χ4v) is 2.47. The van der Waals surface area contributed by atoms with E-state index in [1.165, 1.54) is 5.69 Å². The summed E-state index contributed by atoms with van der Waals surface area (Å²) in [5.74, 6) is 1.02. The zero-order valence-electron chi connectivity index (χ0n) is 11.2. The van der Waals surface area contributed by atoms with Crippen molar-refractivity contribution >= 4 is 0 Å². The van der Waals surface area contributed by atoms with E-state index in [2.05, 4.69) is 47.9 Å². The first-order valence-corrected chi connectivity index (χ1v) is 6.44. The molecule has 1 heterocycles. The van der Waals surface area contributed by atoms with Crippen molar-refractivity contribution in [3.8, 4) is 16.9 Å². The summed E-state index contributed by atoms with van der Waals surface area (Å²) < 4.78 is 2.20. The van der Waals surface area contributed by atoms with Crippen molar-refractivity contribution in [3.05, 3.63) is 72.2 Å². The van der Waals surface area contributed by atoms with Gasteiger partial charge in [-0.2, -0.15) is 0 Å². The van der Waals surface area contributed by atoms with Gasteiger partial charge >= 0.3 is 0 Å². The lowest BCUT2D eigenvalue weighted by molar-refractivity contribution is 0.941. The second-order valence-corrected chi connectivity index (χ2v) is 4.63. The lowest BCUT2D eigenvalue weighted by Gasteiger charge is -2.07. The summed E-state index contributed by atoms with van der Waals surface area (Å²) >= 11 is 0. The molecule has 0 saturated heterocycles. The van der Waals surface area contributed by atoms with Gasteiger partial charge in [0.25, 0.3) is 0 Å². The van der Waals surface area contributed by atoms with Crippen molar-refractivity contribution in [3.63, 3.8) is 0 Å². The zero-order valence-corrected chi connectivity index (χ0v) is 11.2. The van der Waals surface area contributed by atoms with Crippen molar-refractivity contribution in [2.45, 2.75) is 13.8 Å². The first kappa shape index (κ1) is 11.7. The van der Waals surface area contributed by atoms with Crippen molar-refractivity contribution < 1.29 is 0 Å². The Morgan fingerprint density at radius 1 is 0.789 bits per heavy atom. The summed E-state index contributed by atoms with van der Waals surface area (Å²) in [6, 6.07) is 20.7. The lowest BCUT2D eigenvalue weighted by Crippen LogP contribution is -1.98. The summed E-state index contributed by atoms with van der Waals surface area (Å²) in [6.45, 7) is 4.17. The highest BCUT2D eigenvalue weighted by atomic mass is 15.1. The van der Waals surface area contributed by atoms with Gasteiger partial charge in [0.15, 0.2) is 0 Å². The second-order valence-electron chi connectivity index (χ2n) is 4.63. The smallest absolute Gasteiger partial charge is 0.111 e. The van der Waals surface area contributed by atoms with Crippen LogP contribution in [0.25, 0.3) is 16.9 Å². The van der Waals surface area contributed by atoms with Crippen molar-refractivity contribution in [1.29, 1.82) is 0 Å². The van der Waals surface area contributed by atoms with Crippen LogP contribution in [0.5, 0.6) is 0 Å². The van der Waals surface area contributed by atoms with Crippen LogP contribution in [0.4, 0.5) is 0 Å². The molecule has 3 rings (SSSR count). The molecule has 0 aliphatic rings. The molecule has 0 amide bonds. The molecule has 0 spiro atoms. The number of rotatable bonds is 2. The van der Waals surface area contributed by atoms with E-state index in [0.29, 0.717) is 0 Å². The molecular weight excluding hydrogens is 232 g/mol. The van der Waals surface area contributed by atoms with Crippen LogP contribution >= 0.6 is 0 Å². The third-order valence-electron chi connectivity index (χ3n) is 3.34. The van der Waals surface area contributed by atoms with Crippen LogP contribution < -0.4 is 0 Å². The quantitative estimate of drug-likeness (QED) is 0.666. The Labute approximate surface area is 113 Å². The second kappa shape index (κ2) is 4.73. The molecule has 0 aliphatic carbocycles. The summed E-state index contributed by atoms with van der Waals surface area (Å²) in [4.78, 5) is 4.72. The normalized spacial score (nSPS) is 10.6. The van der Waals surface area contributed by atoms with Crippen LogP contribution in [0.1, 0.15) is 11.5 Å². The summed E-state index contributed by atoms with van der Waals surface area (Å²) in [5.41, 5.74) is 4.56. The van der Waals surface area contributed by atoms with E-state index >= 15 is 0 Å². The molecule has 0 N–H and O–H groups in total. The van der Waals surface area contributed by atoms with E-state index in [9.17, 15) is 0 Å². The predicted octanol–water partition coefficient (Wildman–Crippen LogP) is 4.16. The number of imidazole rings is 1. The number of aromatic nitrogens is 2. The van der Waals surface area contributed by atoms with Crippen molar-refractivity contribution in [2.24, 2.45) is 0 Å². The van der Waals surface area contributed by atoms with Gasteiger partial charge in [0.2, 0.25) is 0 Å². The van der Waals surface area contributed by atoms with Gasteiger partial charge in [0.1, 0.15) is 5.82 Å². The Morgan fingerprint density at radius 2 is 1.37 bits per heavy atom. The largest absolute Gasteiger partial charge is 0.301 e. The highest BCUT2D eigenvalue weighted by Crippen LogP contribution is 2.25. The molecule has 0 unspecified atom stereocenters. The Morgan fingerprint density at radius 3 is 2.00 bits per heavy atom. The number of hydrogen-bond acceptors (Lipinski definition) is 1. The van der Waals surface area contributed by atoms with E-state index < -0.39 is 0 Å². The lowest BCUT2D eigenvalue weighted by atomic mass is 10.1. The predicted molar refractivity (Wildman–Crippen MR) is 78.5 cm³/mol. The van der Waals surface area contributed by atoms with Gasteiger partial charge < -0.3 is 4.57 Å². The topological polar surface area (TPSA) is 17.8 Å². The molecule has 0 bridgehead atoms. The minimum absolute atomic E-state index is 1.02. The molecule has 0 saturated carbocycles. The van der Waals surface area contributed by atoms with Gasteiger partial charge in [-0.3, -0.25) is 0 Å². The van der Waals surface area contributed by atoms with Crippen LogP contribution in [0.15, 0.2) is 60.7 Å². The first-order chi connectivity index (χ1) is 9.27. The minimum atomic E-state index is 1.02. The summed E-state index contributed by atoms with van der Waals surface area (Å²) in [7, 11) is 0. The molecule has 19 heavy (non-hydrogen) atoms. The fraction of sp³-hybridized carbons (Fsp3) is 0.118. The number of benzene rings is 2. The number of hydrogen-bond donors (Lipinski definition) is 0. The molecule has 0 aliphatic heterocycles. The highest BCUT2D eigenvalue weighted by molar-refractivity contribution is 5.63. The Hall–Kier alpha value is -2.35. The van der Waals surface area contributed by atoms with Crippen LogP contribution in [-0.2, 0) is 0 Å². The van der Waals surface area contributed by atoms with Crippen LogP contribution in [0.2, 0.25) is 0 Å². The summed E-state index contributed by atoms with van der Waals surface area (Å²) in [5, 5.41) is 0. The first-order valence-electron chi connectivity index (χ1n) is 6.44. The van der Waals surface area contributed by atoms with Crippen LogP contribution in [0, 0.1) is 13.8 Å². The number of aryl methyl sites for hydroxylation is 1. The molecule has 0 radical (unpaired) electrons. The molecule has 3 aromatic rings. The van der Waals surface area contributed by atoms with Gasteiger partial charge in [0, 0.05) is 16.9 Å². The maximum absolute atomic E-state index is 4.72. The van der Waals surface area contributed by atoms with E-state index in [0.717, 1.165) is 22.8 Å². The average molecular weight is 248 g/mol.